The monoisotopic (exact) mass is 194 g/mol. The first-order valence-corrected chi connectivity index (χ1v) is 5.39. The maximum Gasteiger partial charge on any atom is 0.225 e. The van der Waals surface area contributed by atoms with Crippen molar-refractivity contribution in [2.75, 3.05) is 0 Å². The third-order valence-corrected chi connectivity index (χ3v) is 3.36. The Balaban J connectivity index is 1.89. The smallest absolute Gasteiger partial charge is 0.225 e. The second-order valence-corrected chi connectivity index (χ2v) is 4.42. The van der Waals surface area contributed by atoms with E-state index in [9.17, 15) is 4.79 Å². The summed E-state index contributed by atoms with van der Waals surface area (Å²) in [5.41, 5.74) is 0. The Bertz CT molecular complexity index is 252. The zero-order valence-electron chi connectivity index (χ0n) is 8.62. The number of hydrogen-bond acceptors (Lipinski definition) is 2. The van der Waals surface area contributed by atoms with Crippen molar-refractivity contribution in [3.8, 4) is 0 Å². The van der Waals surface area contributed by atoms with Gasteiger partial charge in [-0.25, -0.2) is 0 Å². The van der Waals surface area contributed by atoms with E-state index in [1.165, 1.54) is 6.42 Å². The minimum Gasteiger partial charge on any atom is -0.350 e. The van der Waals surface area contributed by atoms with Crippen LogP contribution in [0.3, 0.4) is 0 Å². The molecule has 4 unspecified atom stereocenters. The van der Waals surface area contributed by atoms with Crippen LogP contribution in [-0.4, -0.2) is 24.0 Å². The van der Waals surface area contributed by atoms with Crippen molar-refractivity contribution in [1.82, 2.24) is 10.6 Å². The summed E-state index contributed by atoms with van der Waals surface area (Å²) < 4.78 is 0. The lowest BCUT2D eigenvalue weighted by atomic mass is 9.88. The van der Waals surface area contributed by atoms with Gasteiger partial charge in [-0.15, -0.1) is 6.58 Å². The highest BCUT2D eigenvalue weighted by Crippen LogP contribution is 2.33. The van der Waals surface area contributed by atoms with E-state index < -0.39 is 0 Å². The van der Waals surface area contributed by atoms with Crippen molar-refractivity contribution in [3.05, 3.63) is 12.7 Å². The van der Waals surface area contributed by atoms with Crippen molar-refractivity contribution >= 4 is 5.91 Å². The second-order valence-electron chi connectivity index (χ2n) is 4.42. The van der Waals surface area contributed by atoms with Crippen LogP contribution in [0.1, 0.15) is 26.2 Å². The number of nitrogens with one attached hydrogen (secondary N) is 2. The molecule has 2 rings (SSSR count). The zero-order valence-corrected chi connectivity index (χ0v) is 8.62. The molecule has 2 heterocycles. The van der Waals surface area contributed by atoms with Gasteiger partial charge in [0.15, 0.2) is 0 Å². The first kappa shape index (κ1) is 9.71. The maximum atomic E-state index is 11.8. The molecule has 0 spiro atoms. The van der Waals surface area contributed by atoms with Crippen LogP contribution in [0.4, 0.5) is 0 Å². The van der Waals surface area contributed by atoms with Crippen molar-refractivity contribution < 1.29 is 4.79 Å². The highest BCUT2D eigenvalue weighted by molar-refractivity contribution is 5.80. The van der Waals surface area contributed by atoms with Gasteiger partial charge in [-0.05, 0) is 26.2 Å². The fourth-order valence-electron chi connectivity index (χ4n) is 2.50. The minimum atomic E-state index is 0.0848. The molecule has 3 heteroatoms. The first-order valence-electron chi connectivity index (χ1n) is 5.39. The fourth-order valence-corrected chi connectivity index (χ4v) is 2.50. The van der Waals surface area contributed by atoms with Crippen molar-refractivity contribution in [2.45, 2.75) is 44.3 Å². The third-order valence-electron chi connectivity index (χ3n) is 3.36. The highest BCUT2D eigenvalue weighted by atomic mass is 16.2. The molecule has 0 aliphatic carbocycles. The van der Waals surface area contributed by atoms with Crippen LogP contribution in [0.15, 0.2) is 12.7 Å². The van der Waals surface area contributed by atoms with Crippen LogP contribution in [0, 0.1) is 5.92 Å². The Labute approximate surface area is 84.9 Å². The standard InChI is InChI=1S/C11H18N2O/c1-3-7(2)12-11(14)9-6-8-4-5-10(9)13-8/h3,7-10,13H,1,4-6H2,2H3,(H,12,14). The molecule has 0 saturated carbocycles. The number of fused-ring (bicyclic) bond motifs is 2. The number of rotatable bonds is 3. The van der Waals surface area contributed by atoms with E-state index in [-0.39, 0.29) is 17.9 Å². The normalized spacial score (nSPS) is 36.8. The number of hydrogen-bond donors (Lipinski definition) is 2. The van der Waals surface area contributed by atoms with E-state index in [4.69, 9.17) is 0 Å². The molecule has 2 aliphatic rings. The summed E-state index contributed by atoms with van der Waals surface area (Å²) in [6.45, 7) is 5.61. The molecule has 1 amide bonds. The van der Waals surface area contributed by atoms with Gasteiger partial charge in [0, 0.05) is 18.1 Å². The maximum absolute atomic E-state index is 11.8. The van der Waals surface area contributed by atoms with Crippen molar-refractivity contribution in [2.24, 2.45) is 5.92 Å². The molecular weight excluding hydrogens is 176 g/mol. The van der Waals surface area contributed by atoms with Crippen molar-refractivity contribution in [1.29, 1.82) is 0 Å². The lowest BCUT2D eigenvalue weighted by Gasteiger charge is -2.20. The fraction of sp³-hybridized carbons (Fsp3) is 0.727. The van der Waals surface area contributed by atoms with E-state index in [2.05, 4.69) is 17.2 Å². The molecule has 0 aromatic rings. The molecule has 2 N–H and O–H groups in total. The molecule has 78 valence electrons. The van der Waals surface area contributed by atoms with Crippen LogP contribution in [-0.2, 0) is 4.79 Å². The van der Waals surface area contributed by atoms with Gasteiger partial charge in [0.05, 0.1) is 5.92 Å². The van der Waals surface area contributed by atoms with E-state index >= 15 is 0 Å². The molecule has 14 heavy (non-hydrogen) atoms. The summed E-state index contributed by atoms with van der Waals surface area (Å²) in [6, 6.07) is 1.11. The Kier molecular flexibility index (Phi) is 2.59. The lowest BCUT2D eigenvalue weighted by molar-refractivity contribution is -0.125. The van der Waals surface area contributed by atoms with E-state index in [1.54, 1.807) is 6.08 Å². The predicted molar refractivity (Wildman–Crippen MR) is 55.9 cm³/mol. The minimum absolute atomic E-state index is 0.0848. The number of carbonyl (C=O) groups is 1. The topological polar surface area (TPSA) is 41.1 Å². The van der Waals surface area contributed by atoms with Gasteiger partial charge in [0.1, 0.15) is 0 Å². The lowest BCUT2D eigenvalue weighted by Crippen LogP contribution is -2.40. The summed E-state index contributed by atoms with van der Waals surface area (Å²) in [7, 11) is 0. The molecular formula is C11H18N2O. The van der Waals surface area contributed by atoms with E-state index in [1.807, 2.05) is 6.92 Å². The summed E-state index contributed by atoms with van der Waals surface area (Å²) in [6.07, 6.45) is 5.18. The summed E-state index contributed by atoms with van der Waals surface area (Å²) in [5, 5.41) is 6.42. The van der Waals surface area contributed by atoms with Gasteiger partial charge in [0.25, 0.3) is 0 Å². The Morgan fingerprint density at radius 2 is 2.43 bits per heavy atom. The third kappa shape index (κ3) is 1.69. The number of carbonyl (C=O) groups excluding carboxylic acids is 1. The molecule has 0 aromatic heterocycles. The van der Waals surface area contributed by atoms with Crippen molar-refractivity contribution in [3.63, 3.8) is 0 Å². The molecule has 2 saturated heterocycles. The number of amides is 1. The molecule has 4 atom stereocenters. The Morgan fingerprint density at radius 3 is 2.93 bits per heavy atom. The van der Waals surface area contributed by atoms with Crippen LogP contribution < -0.4 is 10.6 Å². The van der Waals surface area contributed by atoms with E-state index in [0.717, 1.165) is 12.8 Å². The molecule has 2 bridgehead atoms. The van der Waals surface area contributed by atoms with Crippen LogP contribution in [0.2, 0.25) is 0 Å². The Morgan fingerprint density at radius 1 is 1.64 bits per heavy atom. The summed E-state index contributed by atoms with van der Waals surface area (Å²) in [5.74, 6) is 0.383. The van der Waals surface area contributed by atoms with Crippen LogP contribution in [0.5, 0.6) is 0 Å². The Hall–Kier alpha value is -0.830. The van der Waals surface area contributed by atoms with Gasteiger partial charge in [-0.2, -0.15) is 0 Å². The van der Waals surface area contributed by atoms with Gasteiger partial charge in [-0.3, -0.25) is 4.79 Å². The molecule has 0 aromatic carbocycles. The van der Waals surface area contributed by atoms with Crippen LogP contribution >= 0.6 is 0 Å². The average molecular weight is 194 g/mol. The van der Waals surface area contributed by atoms with Gasteiger partial charge in [0.2, 0.25) is 5.91 Å². The molecule has 2 fully saturated rings. The summed E-state index contributed by atoms with van der Waals surface area (Å²) >= 11 is 0. The molecule has 2 aliphatic heterocycles. The zero-order chi connectivity index (χ0) is 10.1. The average Bonchev–Trinajstić information content (AvgIpc) is 2.78. The van der Waals surface area contributed by atoms with Gasteiger partial charge >= 0.3 is 0 Å². The van der Waals surface area contributed by atoms with Crippen LogP contribution in [0.25, 0.3) is 0 Å². The SMILES string of the molecule is C=CC(C)NC(=O)C1CC2CCC1N2. The largest absolute Gasteiger partial charge is 0.350 e. The second kappa shape index (κ2) is 3.73. The van der Waals surface area contributed by atoms with E-state index in [0.29, 0.717) is 12.1 Å². The van der Waals surface area contributed by atoms with Gasteiger partial charge in [-0.1, -0.05) is 6.08 Å². The van der Waals surface area contributed by atoms with Gasteiger partial charge < -0.3 is 10.6 Å². The molecule has 0 radical (unpaired) electrons. The summed E-state index contributed by atoms with van der Waals surface area (Å²) in [4.78, 5) is 11.8. The highest BCUT2D eigenvalue weighted by Gasteiger charge is 2.42. The first-order chi connectivity index (χ1) is 6.70. The quantitative estimate of drug-likeness (QED) is 0.653. The predicted octanol–water partition coefficient (Wildman–Crippen LogP) is 0.818. The molecule has 3 nitrogen and oxygen atoms in total.